The summed E-state index contributed by atoms with van der Waals surface area (Å²) < 4.78 is 0. The number of hydrogen-bond donors (Lipinski definition) is 1. The van der Waals surface area contributed by atoms with Gasteiger partial charge in [0.05, 0.1) is 6.04 Å². The van der Waals surface area contributed by atoms with E-state index < -0.39 is 5.97 Å². The number of carboxylic acid groups (broad SMARTS) is 1. The van der Waals surface area contributed by atoms with Crippen LogP contribution < -0.4 is 0 Å². The molecule has 0 heterocycles. The largest absolute Gasteiger partial charge is 0.478 e. The van der Waals surface area contributed by atoms with Crippen LogP contribution in [0.2, 0.25) is 0 Å². The summed E-state index contributed by atoms with van der Waals surface area (Å²) in [6, 6.07) is 4.15. The highest BCUT2D eigenvalue weighted by Crippen LogP contribution is 2.26. The first-order chi connectivity index (χ1) is 8.34. The minimum absolute atomic E-state index is 0.0135. The second-order valence-electron chi connectivity index (χ2n) is 4.83. The van der Waals surface area contributed by atoms with Gasteiger partial charge in [0, 0.05) is 6.08 Å². The smallest absolute Gasteiger partial charge is 0.328 e. The summed E-state index contributed by atoms with van der Waals surface area (Å²) in [7, 11) is 3.90. The number of benzene rings is 1. The molecule has 1 N–H and O–H groups in total. The van der Waals surface area contributed by atoms with Gasteiger partial charge in [-0.25, -0.2) is 4.79 Å². The molecule has 0 amide bonds. The molecule has 0 aliphatic rings. The highest BCUT2D eigenvalue weighted by molar-refractivity contribution is 5.79. The fraction of sp³-hybridized carbons (Fsp3) is 0.400. The molecule has 0 bridgehead atoms. The van der Waals surface area contributed by atoms with Gasteiger partial charge in [0.25, 0.3) is 0 Å². The van der Waals surface area contributed by atoms with E-state index in [0.29, 0.717) is 0 Å². The van der Waals surface area contributed by atoms with Gasteiger partial charge in [-0.15, -0.1) is 0 Å². The standard InChI is InChI=1S/C15H21NO2/c1-10-6-7-13(12(3)11(10)2)14(16(4)5)8-9-15(17)18/h6-9,14H,1-5H3,(H,17,18)/b9-8+. The highest BCUT2D eigenvalue weighted by atomic mass is 16.4. The topological polar surface area (TPSA) is 40.5 Å². The van der Waals surface area contributed by atoms with Gasteiger partial charge in [-0.3, -0.25) is 4.90 Å². The third-order valence-electron chi connectivity index (χ3n) is 3.40. The molecule has 0 aliphatic heterocycles. The highest BCUT2D eigenvalue weighted by Gasteiger charge is 2.15. The second kappa shape index (κ2) is 5.83. The van der Waals surface area contributed by atoms with Crippen molar-refractivity contribution in [3.63, 3.8) is 0 Å². The molecule has 1 aromatic rings. The van der Waals surface area contributed by atoms with Crippen LogP contribution in [0, 0.1) is 20.8 Å². The SMILES string of the molecule is Cc1ccc(C(/C=C/C(=O)O)N(C)C)c(C)c1C. The summed E-state index contributed by atoms with van der Waals surface area (Å²) >= 11 is 0. The van der Waals surface area contributed by atoms with Crippen LogP contribution in [0.1, 0.15) is 28.3 Å². The van der Waals surface area contributed by atoms with Gasteiger partial charge in [0.2, 0.25) is 0 Å². The zero-order chi connectivity index (χ0) is 13.9. The van der Waals surface area contributed by atoms with Crippen LogP contribution in [0.25, 0.3) is 0 Å². The molecule has 3 nitrogen and oxygen atoms in total. The second-order valence-corrected chi connectivity index (χ2v) is 4.83. The van der Waals surface area contributed by atoms with E-state index in [-0.39, 0.29) is 6.04 Å². The van der Waals surface area contributed by atoms with Crippen molar-refractivity contribution in [2.24, 2.45) is 0 Å². The van der Waals surface area contributed by atoms with E-state index in [4.69, 9.17) is 5.11 Å². The van der Waals surface area contributed by atoms with Crippen LogP contribution in [-0.2, 0) is 4.79 Å². The van der Waals surface area contributed by atoms with Crippen LogP contribution in [-0.4, -0.2) is 30.1 Å². The lowest BCUT2D eigenvalue weighted by Crippen LogP contribution is -2.19. The van der Waals surface area contributed by atoms with E-state index in [1.54, 1.807) is 6.08 Å². The van der Waals surface area contributed by atoms with Crippen molar-refractivity contribution < 1.29 is 9.90 Å². The molecule has 1 unspecified atom stereocenters. The number of carbonyl (C=O) groups is 1. The number of hydrogen-bond acceptors (Lipinski definition) is 2. The Balaban J connectivity index is 3.23. The van der Waals surface area contributed by atoms with Gasteiger partial charge in [0.1, 0.15) is 0 Å². The Kier molecular flexibility index (Phi) is 4.68. The van der Waals surface area contributed by atoms with Crippen molar-refractivity contribution in [1.29, 1.82) is 0 Å². The summed E-state index contributed by atoms with van der Waals surface area (Å²) in [4.78, 5) is 12.7. The lowest BCUT2D eigenvalue weighted by molar-refractivity contribution is -0.131. The molecular weight excluding hydrogens is 226 g/mol. The first-order valence-electron chi connectivity index (χ1n) is 5.99. The number of carboxylic acids is 1. The first-order valence-corrected chi connectivity index (χ1v) is 5.99. The number of aliphatic carboxylic acids is 1. The summed E-state index contributed by atoms with van der Waals surface area (Å²) in [5, 5.41) is 8.75. The van der Waals surface area contributed by atoms with Gasteiger partial charge in [0.15, 0.2) is 0 Å². The minimum atomic E-state index is -0.914. The van der Waals surface area contributed by atoms with E-state index in [0.717, 1.165) is 5.56 Å². The first kappa shape index (κ1) is 14.5. The number of nitrogens with zero attached hydrogens (tertiary/aromatic N) is 1. The van der Waals surface area contributed by atoms with Crippen molar-refractivity contribution in [1.82, 2.24) is 4.90 Å². The molecule has 18 heavy (non-hydrogen) atoms. The normalized spacial score (nSPS) is 13.2. The lowest BCUT2D eigenvalue weighted by atomic mass is 9.93. The van der Waals surface area contributed by atoms with E-state index in [1.165, 1.54) is 22.8 Å². The summed E-state index contributed by atoms with van der Waals surface area (Å²) in [5.74, 6) is -0.914. The Morgan fingerprint density at radius 3 is 2.33 bits per heavy atom. The van der Waals surface area contributed by atoms with Gasteiger partial charge >= 0.3 is 5.97 Å². The maximum Gasteiger partial charge on any atom is 0.328 e. The van der Waals surface area contributed by atoms with E-state index >= 15 is 0 Å². The van der Waals surface area contributed by atoms with Crippen LogP contribution in [0.15, 0.2) is 24.3 Å². The summed E-state index contributed by atoms with van der Waals surface area (Å²) in [6.07, 6.45) is 2.93. The Labute approximate surface area is 109 Å². The lowest BCUT2D eigenvalue weighted by Gasteiger charge is -2.24. The van der Waals surface area contributed by atoms with Crippen LogP contribution in [0.3, 0.4) is 0 Å². The van der Waals surface area contributed by atoms with Crippen LogP contribution in [0.4, 0.5) is 0 Å². The van der Waals surface area contributed by atoms with Crippen molar-refractivity contribution in [2.75, 3.05) is 14.1 Å². The fourth-order valence-corrected chi connectivity index (χ4v) is 2.02. The van der Waals surface area contributed by atoms with Gasteiger partial charge < -0.3 is 5.11 Å². The predicted octanol–water partition coefficient (Wildman–Crippen LogP) is 2.86. The molecular formula is C15H21NO2. The van der Waals surface area contributed by atoms with Gasteiger partial charge in [-0.2, -0.15) is 0 Å². The maximum atomic E-state index is 10.7. The molecule has 1 aromatic carbocycles. The van der Waals surface area contributed by atoms with Crippen molar-refractivity contribution in [2.45, 2.75) is 26.8 Å². The zero-order valence-electron chi connectivity index (χ0n) is 11.7. The van der Waals surface area contributed by atoms with Crippen molar-refractivity contribution >= 4 is 5.97 Å². The Morgan fingerprint density at radius 1 is 1.22 bits per heavy atom. The average molecular weight is 247 g/mol. The van der Waals surface area contributed by atoms with Gasteiger partial charge in [-0.05, 0) is 57.1 Å². The predicted molar refractivity (Wildman–Crippen MR) is 73.9 cm³/mol. The third-order valence-corrected chi connectivity index (χ3v) is 3.40. The average Bonchev–Trinajstić information content (AvgIpc) is 2.28. The quantitative estimate of drug-likeness (QED) is 0.832. The molecule has 0 aliphatic carbocycles. The molecule has 1 rings (SSSR count). The summed E-state index contributed by atoms with van der Waals surface area (Å²) in [5.41, 5.74) is 4.91. The van der Waals surface area contributed by atoms with Crippen molar-refractivity contribution in [3.05, 3.63) is 46.5 Å². The molecule has 0 saturated carbocycles. The molecule has 0 aromatic heterocycles. The number of rotatable bonds is 4. The number of aryl methyl sites for hydroxylation is 1. The molecule has 3 heteroatoms. The third kappa shape index (κ3) is 3.20. The monoisotopic (exact) mass is 247 g/mol. The maximum absolute atomic E-state index is 10.7. The molecule has 1 atom stereocenters. The zero-order valence-corrected chi connectivity index (χ0v) is 11.7. The van der Waals surface area contributed by atoms with E-state index in [9.17, 15) is 4.79 Å². The fourth-order valence-electron chi connectivity index (χ4n) is 2.02. The van der Waals surface area contributed by atoms with Crippen LogP contribution in [0.5, 0.6) is 0 Å². The van der Waals surface area contributed by atoms with E-state index in [2.05, 4.69) is 32.9 Å². The Morgan fingerprint density at radius 2 is 1.83 bits per heavy atom. The summed E-state index contributed by atoms with van der Waals surface area (Å²) in [6.45, 7) is 6.27. The molecule has 0 fully saturated rings. The minimum Gasteiger partial charge on any atom is -0.478 e. The van der Waals surface area contributed by atoms with Gasteiger partial charge in [-0.1, -0.05) is 18.2 Å². The molecule has 0 saturated heterocycles. The molecule has 0 radical (unpaired) electrons. The molecule has 0 spiro atoms. The Bertz CT molecular complexity index is 476. The molecule has 98 valence electrons. The number of likely N-dealkylation sites (N-methyl/N-ethyl adjacent to an activating group) is 1. The Hall–Kier alpha value is -1.61. The van der Waals surface area contributed by atoms with Crippen LogP contribution >= 0.6 is 0 Å². The van der Waals surface area contributed by atoms with Crippen molar-refractivity contribution in [3.8, 4) is 0 Å². The van der Waals surface area contributed by atoms with E-state index in [1.807, 2.05) is 19.0 Å².